The Hall–Kier alpha value is -4.89. The number of halogens is 1. The molecule has 3 aromatic carbocycles. The predicted molar refractivity (Wildman–Crippen MR) is 300 cm³/mol. The molecule has 0 aromatic heterocycles. The van der Waals surface area contributed by atoms with Crippen LogP contribution in [0.5, 0.6) is 0 Å². The maximum Gasteiger partial charge on any atom is 0.253 e. The van der Waals surface area contributed by atoms with Crippen molar-refractivity contribution in [3.8, 4) is 11.1 Å². The van der Waals surface area contributed by atoms with Gasteiger partial charge in [-0.3, -0.25) is 19.2 Å². The number of likely N-dealkylation sites (tertiary alicyclic amines) is 1. The molecule has 1 saturated heterocycles. The first-order valence-electron chi connectivity index (χ1n) is 26.7. The van der Waals surface area contributed by atoms with E-state index in [1.807, 2.05) is 73.4 Å². The number of ether oxygens (including phenoxy) is 5. The van der Waals surface area contributed by atoms with Gasteiger partial charge in [0, 0.05) is 61.0 Å². The van der Waals surface area contributed by atoms with Gasteiger partial charge in [0.25, 0.3) is 11.8 Å². The molecule has 2 aliphatic heterocycles. The second-order valence-electron chi connectivity index (χ2n) is 20.6. The molecule has 3 atom stereocenters. The number of rotatable bonds is 24. The fraction of sp³-hybridized carbons (Fsp3) is 0.567. The molecular weight excluding hydrogens is 956 g/mol. The Morgan fingerprint density at radius 3 is 1.77 bits per heavy atom. The van der Waals surface area contributed by atoms with Crippen molar-refractivity contribution in [1.29, 1.82) is 0 Å². The first-order valence-corrected chi connectivity index (χ1v) is 27.0. The molecule has 74 heavy (non-hydrogen) atoms. The van der Waals surface area contributed by atoms with Gasteiger partial charge in [0.1, 0.15) is 0 Å². The Bertz CT molecular complexity index is 2190. The van der Waals surface area contributed by atoms with E-state index in [1.54, 1.807) is 11.8 Å². The molecule has 14 heteroatoms. The number of nitrogens with zero attached hydrogens (tertiary/aromatic N) is 2. The average molecular weight is 1050 g/mol. The van der Waals surface area contributed by atoms with Crippen molar-refractivity contribution < 1.29 is 42.9 Å². The summed E-state index contributed by atoms with van der Waals surface area (Å²) in [5.41, 5.74) is 7.32. The Labute approximate surface area is 449 Å². The van der Waals surface area contributed by atoms with Gasteiger partial charge in [-0.25, -0.2) is 0 Å². The molecule has 410 valence electrons. The van der Waals surface area contributed by atoms with Gasteiger partial charge in [-0.15, -0.1) is 0 Å². The number of benzene rings is 3. The van der Waals surface area contributed by atoms with Crippen molar-refractivity contribution in [2.24, 2.45) is 17.3 Å². The molecule has 5 rings (SSSR count). The standard InChI is InChI=1S/C50H74N4O9.C7H7Cl.C3H8/c1-35(2)43-31-37(5)54(38(6)55)46-17-16-41(32-44(43)46)39-12-14-40(15-13-39)47(56)51-18-21-59-23-25-61-27-29-63-30-28-62-26-24-60-22-19-52-48(57)42-11-10-20-53(34-42)49(58)45(36(3)4)33-50(7,8)9;1-6-2-4-7(8)5-3-6;1-3-2/h12-17,32-33,35,37,42-43H,3,10-11,18-31,34H2,1-2,4-9H3,(H,51,56)(H,52,57);2-5H,1H3;3H2,1-2H3/b45-33+;;. The molecule has 2 N–H and O–H groups in total. The topological polar surface area (TPSA) is 145 Å². The number of aryl methyl sites for hydroxylation is 1. The lowest BCUT2D eigenvalue weighted by molar-refractivity contribution is -0.132. The van der Waals surface area contributed by atoms with E-state index >= 15 is 0 Å². The summed E-state index contributed by atoms with van der Waals surface area (Å²) in [5, 5.41) is 6.65. The van der Waals surface area contributed by atoms with Crippen LogP contribution in [0, 0.1) is 24.2 Å². The van der Waals surface area contributed by atoms with Crippen molar-refractivity contribution >= 4 is 40.9 Å². The SMILES string of the molecule is C=C(C)/C(=C\C(C)(C)C)C(=O)N1CCCC(C(=O)NCCOCCOCCOCCOCCOCCNC(=O)c2ccc(-c3ccc4c(c3)C(C(C)C)CC(C)N4C(C)=O)cc2)C1.CCC.Cc1ccc(Cl)cc1. The van der Waals surface area contributed by atoms with E-state index in [-0.39, 0.29) is 41.0 Å². The quantitative estimate of drug-likeness (QED) is 0.0509. The van der Waals surface area contributed by atoms with Gasteiger partial charge in [0.05, 0.1) is 72.0 Å². The molecule has 0 radical (unpaired) electrons. The maximum atomic E-state index is 13.2. The van der Waals surface area contributed by atoms with E-state index in [0.717, 1.165) is 46.7 Å². The molecule has 1 fully saturated rings. The second-order valence-corrected chi connectivity index (χ2v) is 21.0. The van der Waals surface area contributed by atoms with Crippen molar-refractivity contribution in [2.75, 3.05) is 97.1 Å². The van der Waals surface area contributed by atoms with Crippen LogP contribution in [0.1, 0.15) is 122 Å². The van der Waals surface area contributed by atoms with Gasteiger partial charge in [0.15, 0.2) is 0 Å². The van der Waals surface area contributed by atoms with E-state index in [2.05, 4.69) is 90.8 Å². The number of carbonyl (C=O) groups is 4. The van der Waals surface area contributed by atoms with E-state index in [4.69, 9.17) is 35.3 Å². The number of hydrogen-bond acceptors (Lipinski definition) is 9. The molecule has 3 aromatic rings. The van der Waals surface area contributed by atoms with E-state index in [0.29, 0.717) is 115 Å². The first-order chi connectivity index (χ1) is 35.3. The minimum atomic E-state index is -0.242. The van der Waals surface area contributed by atoms with E-state index in [1.165, 1.54) is 17.5 Å². The van der Waals surface area contributed by atoms with E-state index < -0.39 is 0 Å². The van der Waals surface area contributed by atoms with Crippen LogP contribution in [-0.2, 0) is 38.1 Å². The summed E-state index contributed by atoms with van der Waals surface area (Å²) in [6.45, 7) is 32.5. The Morgan fingerprint density at radius 2 is 1.28 bits per heavy atom. The highest BCUT2D eigenvalue weighted by molar-refractivity contribution is 6.30. The summed E-state index contributed by atoms with van der Waals surface area (Å²) >= 11 is 5.61. The predicted octanol–water partition coefficient (Wildman–Crippen LogP) is 11.0. The molecule has 2 aliphatic rings. The summed E-state index contributed by atoms with van der Waals surface area (Å²) in [5.74, 6) is 0.376. The number of allylic oxidation sites excluding steroid dienone is 1. The van der Waals surface area contributed by atoms with E-state index in [9.17, 15) is 19.2 Å². The van der Waals surface area contributed by atoms with Crippen molar-refractivity contribution in [3.63, 3.8) is 0 Å². The fourth-order valence-electron chi connectivity index (χ4n) is 8.60. The average Bonchev–Trinajstić information content (AvgIpc) is 3.36. The Morgan fingerprint density at radius 1 is 0.770 bits per heavy atom. The number of nitrogens with one attached hydrogen (secondary N) is 2. The van der Waals surface area contributed by atoms with Crippen LogP contribution in [0.25, 0.3) is 11.1 Å². The minimum Gasteiger partial charge on any atom is -0.377 e. The summed E-state index contributed by atoms with van der Waals surface area (Å²) in [6, 6.07) is 21.8. The smallest absolute Gasteiger partial charge is 0.253 e. The van der Waals surface area contributed by atoms with Crippen LogP contribution in [0.15, 0.2) is 90.5 Å². The summed E-state index contributed by atoms with van der Waals surface area (Å²) in [6.07, 6.45) is 5.69. The molecule has 4 amide bonds. The number of carbonyl (C=O) groups excluding carboxylic acids is 4. The van der Waals surface area contributed by atoms with Crippen LogP contribution in [0.3, 0.4) is 0 Å². The number of amides is 4. The molecule has 13 nitrogen and oxygen atoms in total. The van der Waals surface area contributed by atoms with Crippen LogP contribution in [-0.4, -0.2) is 127 Å². The highest BCUT2D eigenvalue weighted by Crippen LogP contribution is 2.44. The highest BCUT2D eigenvalue weighted by atomic mass is 35.5. The molecule has 3 unspecified atom stereocenters. The van der Waals surface area contributed by atoms with Crippen LogP contribution < -0.4 is 15.5 Å². The third-order valence-corrected chi connectivity index (χ3v) is 12.5. The Balaban J connectivity index is 0.00000117. The fourth-order valence-corrected chi connectivity index (χ4v) is 8.73. The molecule has 2 heterocycles. The minimum absolute atomic E-state index is 0.0553. The zero-order valence-electron chi connectivity index (χ0n) is 46.6. The number of fused-ring (bicyclic) bond motifs is 1. The largest absolute Gasteiger partial charge is 0.377 e. The van der Waals surface area contributed by atoms with Gasteiger partial charge < -0.3 is 44.1 Å². The summed E-state index contributed by atoms with van der Waals surface area (Å²) < 4.78 is 27.9. The lowest BCUT2D eigenvalue weighted by atomic mass is 9.78. The number of anilines is 1. The highest BCUT2D eigenvalue weighted by Gasteiger charge is 2.34. The third kappa shape index (κ3) is 22.9. The van der Waals surface area contributed by atoms with Crippen molar-refractivity contribution in [3.05, 3.63) is 112 Å². The number of piperidine rings is 1. The van der Waals surface area contributed by atoms with Gasteiger partial charge in [-0.05, 0) is 116 Å². The van der Waals surface area contributed by atoms with Gasteiger partial charge >= 0.3 is 0 Å². The normalized spacial score (nSPS) is 16.6. The maximum absolute atomic E-state index is 13.2. The van der Waals surface area contributed by atoms with Crippen LogP contribution in [0.2, 0.25) is 5.02 Å². The molecule has 0 spiro atoms. The van der Waals surface area contributed by atoms with Gasteiger partial charge in [0.2, 0.25) is 11.8 Å². The lowest BCUT2D eigenvalue weighted by Gasteiger charge is -2.40. The molecule has 0 bridgehead atoms. The molecular formula is C60H89ClN4O9. The van der Waals surface area contributed by atoms with Crippen LogP contribution >= 0.6 is 11.6 Å². The van der Waals surface area contributed by atoms with Gasteiger partial charge in [-0.2, -0.15) is 0 Å². The summed E-state index contributed by atoms with van der Waals surface area (Å²) in [4.78, 5) is 55.0. The van der Waals surface area contributed by atoms with Gasteiger partial charge in [-0.1, -0.05) is 115 Å². The molecule has 0 saturated carbocycles. The monoisotopic (exact) mass is 1040 g/mol. The summed E-state index contributed by atoms with van der Waals surface area (Å²) in [7, 11) is 0. The third-order valence-electron chi connectivity index (χ3n) is 12.3. The van der Waals surface area contributed by atoms with Crippen molar-refractivity contribution in [1.82, 2.24) is 15.5 Å². The lowest BCUT2D eigenvalue weighted by Crippen LogP contribution is -2.46. The number of hydrogen-bond donors (Lipinski definition) is 2. The zero-order valence-corrected chi connectivity index (χ0v) is 47.4. The molecule has 0 aliphatic carbocycles. The first kappa shape index (κ1) is 63.4. The van der Waals surface area contributed by atoms with Crippen molar-refractivity contribution in [2.45, 2.75) is 114 Å². The second kappa shape index (κ2) is 33.9. The van der Waals surface area contributed by atoms with Crippen LogP contribution in [0.4, 0.5) is 5.69 Å². The Kier molecular flexibility index (Phi) is 29.1. The zero-order chi connectivity index (χ0) is 54.6.